The van der Waals surface area contributed by atoms with Crippen LogP contribution < -0.4 is 16.0 Å². The smallest absolute Gasteiger partial charge is 0.248 e. The summed E-state index contributed by atoms with van der Waals surface area (Å²) in [6.07, 6.45) is 2.42. The Balaban J connectivity index is 1.33. The van der Waals surface area contributed by atoms with Crippen molar-refractivity contribution in [2.24, 2.45) is 11.7 Å². The Bertz CT molecular complexity index is 1050. The third-order valence-corrected chi connectivity index (χ3v) is 5.47. The van der Waals surface area contributed by atoms with E-state index in [2.05, 4.69) is 32.6 Å². The van der Waals surface area contributed by atoms with Gasteiger partial charge in [-0.05, 0) is 60.4 Å². The number of carbonyl (C=O) groups is 2. The van der Waals surface area contributed by atoms with E-state index in [0.29, 0.717) is 17.0 Å². The van der Waals surface area contributed by atoms with Crippen LogP contribution in [0, 0.1) is 5.92 Å². The Morgan fingerprint density at radius 1 is 1.06 bits per heavy atom. The molecular formula is C22H25N7O2. The number of hydrogen-bond donors (Lipinski definition) is 2. The van der Waals surface area contributed by atoms with Gasteiger partial charge < -0.3 is 16.0 Å². The number of primary amides is 1. The lowest BCUT2D eigenvalue weighted by Crippen LogP contribution is -2.32. The Hall–Kier alpha value is -3.75. The lowest BCUT2D eigenvalue weighted by Gasteiger charge is -2.32. The van der Waals surface area contributed by atoms with Crippen molar-refractivity contribution in [3.05, 3.63) is 54.1 Å². The monoisotopic (exact) mass is 419 g/mol. The number of aromatic nitrogens is 4. The quantitative estimate of drug-likeness (QED) is 0.633. The Kier molecular flexibility index (Phi) is 5.92. The zero-order valence-electron chi connectivity index (χ0n) is 17.4. The number of amides is 2. The van der Waals surface area contributed by atoms with Gasteiger partial charge >= 0.3 is 0 Å². The highest BCUT2D eigenvalue weighted by molar-refractivity contribution is 5.93. The Morgan fingerprint density at radius 2 is 1.74 bits per heavy atom. The van der Waals surface area contributed by atoms with Gasteiger partial charge in [-0.15, -0.1) is 10.2 Å². The average molecular weight is 419 g/mol. The first-order valence-corrected chi connectivity index (χ1v) is 10.3. The second kappa shape index (κ2) is 8.95. The summed E-state index contributed by atoms with van der Waals surface area (Å²) in [7, 11) is 0. The topological polar surface area (TPSA) is 119 Å². The maximum atomic E-state index is 12.4. The first-order chi connectivity index (χ1) is 15.0. The summed E-state index contributed by atoms with van der Waals surface area (Å²) < 4.78 is 0. The van der Waals surface area contributed by atoms with Crippen LogP contribution in [-0.2, 0) is 11.3 Å². The van der Waals surface area contributed by atoms with E-state index >= 15 is 0 Å². The van der Waals surface area contributed by atoms with E-state index in [4.69, 9.17) is 5.73 Å². The molecule has 1 aliphatic rings. The molecule has 1 saturated heterocycles. The summed E-state index contributed by atoms with van der Waals surface area (Å²) in [6, 6.07) is 14.5. The van der Waals surface area contributed by atoms with Gasteiger partial charge in [0.05, 0.1) is 0 Å². The van der Waals surface area contributed by atoms with Gasteiger partial charge in [-0.2, -0.15) is 4.80 Å². The number of nitrogens with zero attached hydrogens (tertiary/aromatic N) is 5. The zero-order chi connectivity index (χ0) is 21.8. The van der Waals surface area contributed by atoms with Gasteiger partial charge in [0.2, 0.25) is 17.6 Å². The van der Waals surface area contributed by atoms with Crippen LogP contribution in [0.3, 0.4) is 0 Å². The van der Waals surface area contributed by atoms with E-state index in [1.165, 1.54) is 23.3 Å². The molecule has 0 spiro atoms. The van der Waals surface area contributed by atoms with E-state index in [1.54, 1.807) is 24.3 Å². The summed E-state index contributed by atoms with van der Waals surface area (Å²) in [5, 5.41) is 15.0. The average Bonchev–Trinajstić information content (AvgIpc) is 3.23. The fraction of sp³-hybridized carbons (Fsp3) is 0.318. The van der Waals surface area contributed by atoms with Gasteiger partial charge in [-0.1, -0.05) is 19.1 Å². The van der Waals surface area contributed by atoms with Gasteiger partial charge in [-0.25, -0.2) is 0 Å². The lowest BCUT2D eigenvalue weighted by atomic mass is 9.99. The number of nitrogens with one attached hydrogen (secondary N) is 1. The molecule has 0 bridgehead atoms. The van der Waals surface area contributed by atoms with Gasteiger partial charge in [0.25, 0.3) is 0 Å². The van der Waals surface area contributed by atoms with Crippen LogP contribution in [0.4, 0.5) is 11.4 Å². The maximum Gasteiger partial charge on any atom is 0.248 e. The minimum atomic E-state index is -0.501. The van der Waals surface area contributed by atoms with Crippen LogP contribution >= 0.6 is 0 Å². The van der Waals surface area contributed by atoms with Gasteiger partial charge in [0.1, 0.15) is 6.54 Å². The van der Waals surface area contributed by atoms with Crippen LogP contribution in [0.2, 0.25) is 0 Å². The van der Waals surface area contributed by atoms with Crippen LogP contribution in [0.1, 0.15) is 30.1 Å². The Morgan fingerprint density at radius 3 is 2.39 bits per heavy atom. The minimum Gasteiger partial charge on any atom is -0.372 e. The predicted molar refractivity (Wildman–Crippen MR) is 117 cm³/mol. The van der Waals surface area contributed by atoms with Crippen molar-refractivity contribution >= 4 is 23.2 Å². The number of benzene rings is 2. The van der Waals surface area contributed by atoms with Gasteiger partial charge in [-0.3, -0.25) is 9.59 Å². The standard InChI is InChI=1S/C22H25N7O2/c1-15-10-12-28(13-11-15)19-8-6-18(7-9-19)24-20(30)14-29-26-22(25-27-29)17-4-2-16(3-5-17)21(23)31/h2-9,15H,10-14H2,1H3,(H2,23,31)(H,24,30). The molecule has 3 aromatic rings. The van der Waals surface area contributed by atoms with Crippen molar-refractivity contribution in [3.63, 3.8) is 0 Å². The summed E-state index contributed by atoms with van der Waals surface area (Å²) in [5.41, 5.74) is 8.22. The largest absolute Gasteiger partial charge is 0.372 e. The zero-order valence-corrected chi connectivity index (χ0v) is 17.4. The fourth-order valence-corrected chi connectivity index (χ4v) is 3.56. The Labute approximate surface area is 180 Å². The van der Waals surface area contributed by atoms with Gasteiger partial charge in [0.15, 0.2) is 0 Å². The van der Waals surface area contributed by atoms with Crippen LogP contribution in [-0.4, -0.2) is 45.1 Å². The number of carbonyl (C=O) groups excluding carboxylic acids is 2. The first-order valence-electron chi connectivity index (χ1n) is 10.3. The molecule has 0 aliphatic carbocycles. The molecule has 160 valence electrons. The van der Waals surface area contributed by atoms with Crippen molar-refractivity contribution in [3.8, 4) is 11.4 Å². The summed E-state index contributed by atoms with van der Waals surface area (Å²) in [5.74, 6) is 0.408. The molecule has 2 amide bonds. The number of tetrazole rings is 1. The number of rotatable bonds is 6. The molecule has 4 rings (SSSR count). The van der Waals surface area contributed by atoms with E-state index in [-0.39, 0.29) is 12.5 Å². The minimum absolute atomic E-state index is 0.0574. The molecule has 0 saturated carbocycles. The molecule has 9 nitrogen and oxygen atoms in total. The second-order valence-corrected chi connectivity index (χ2v) is 7.85. The van der Waals surface area contributed by atoms with Crippen molar-refractivity contribution in [2.45, 2.75) is 26.3 Å². The van der Waals surface area contributed by atoms with Crippen molar-refractivity contribution < 1.29 is 9.59 Å². The second-order valence-electron chi connectivity index (χ2n) is 7.85. The molecule has 0 unspecified atom stereocenters. The fourth-order valence-electron chi connectivity index (χ4n) is 3.56. The van der Waals surface area contributed by atoms with Gasteiger partial charge in [0, 0.05) is 35.6 Å². The molecule has 31 heavy (non-hydrogen) atoms. The van der Waals surface area contributed by atoms with Crippen LogP contribution in [0.5, 0.6) is 0 Å². The van der Waals surface area contributed by atoms with E-state index in [9.17, 15) is 9.59 Å². The third-order valence-electron chi connectivity index (χ3n) is 5.47. The van der Waals surface area contributed by atoms with Crippen molar-refractivity contribution in [2.75, 3.05) is 23.3 Å². The molecule has 2 heterocycles. The number of piperidine rings is 1. The molecule has 0 radical (unpaired) electrons. The highest BCUT2D eigenvalue weighted by Gasteiger charge is 2.16. The molecule has 3 N–H and O–H groups in total. The third kappa shape index (κ3) is 5.06. The van der Waals surface area contributed by atoms with Crippen LogP contribution in [0.25, 0.3) is 11.4 Å². The van der Waals surface area contributed by atoms with E-state index in [0.717, 1.165) is 24.7 Å². The molecule has 9 heteroatoms. The molecule has 1 aliphatic heterocycles. The maximum absolute atomic E-state index is 12.4. The summed E-state index contributed by atoms with van der Waals surface area (Å²) in [4.78, 5) is 27.1. The normalized spacial score (nSPS) is 14.4. The molecule has 1 aromatic heterocycles. The summed E-state index contributed by atoms with van der Waals surface area (Å²) >= 11 is 0. The highest BCUT2D eigenvalue weighted by Crippen LogP contribution is 2.24. The lowest BCUT2D eigenvalue weighted by molar-refractivity contribution is -0.117. The van der Waals surface area contributed by atoms with Crippen molar-refractivity contribution in [1.29, 1.82) is 0 Å². The van der Waals surface area contributed by atoms with Crippen molar-refractivity contribution in [1.82, 2.24) is 20.2 Å². The molecule has 1 fully saturated rings. The predicted octanol–water partition coefficient (Wildman–Crippen LogP) is 2.31. The molecular weight excluding hydrogens is 394 g/mol. The van der Waals surface area contributed by atoms with E-state index < -0.39 is 5.91 Å². The number of hydrogen-bond acceptors (Lipinski definition) is 6. The van der Waals surface area contributed by atoms with E-state index in [1.807, 2.05) is 24.3 Å². The first kappa shape index (κ1) is 20.5. The number of nitrogens with two attached hydrogens (primary N) is 1. The SMILES string of the molecule is CC1CCN(c2ccc(NC(=O)Cn3nnc(-c4ccc(C(N)=O)cc4)n3)cc2)CC1. The molecule has 2 aromatic carbocycles. The molecule has 0 atom stereocenters. The van der Waals surface area contributed by atoms with Crippen LogP contribution in [0.15, 0.2) is 48.5 Å². The number of anilines is 2. The highest BCUT2D eigenvalue weighted by atomic mass is 16.2. The summed E-state index contributed by atoms with van der Waals surface area (Å²) in [6.45, 7) is 4.37.